The van der Waals surface area contributed by atoms with Gasteiger partial charge in [0.05, 0.1) is 11.1 Å². The van der Waals surface area contributed by atoms with E-state index >= 15 is 0 Å². The van der Waals surface area contributed by atoms with E-state index in [1.54, 1.807) is 11.8 Å². The molecule has 2 rings (SSSR count). The minimum atomic E-state index is -0.522. The van der Waals surface area contributed by atoms with Crippen molar-refractivity contribution in [3.05, 3.63) is 29.0 Å². The average molecular weight is 316 g/mol. The molecule has 4 nitrogen and oxygen atoms in total. The molecule has 1 aliphatic heterocycles. The van der Waals surface area contributed by atoms with Crippen molar-refractivity contribution in [1.29, 1.82) is 0 Å². The molecule has 1 heterocycles. The Balaban J connectivity index is 1.87. The Morgan fingerprint density at radius 2 is 2.38 bits per heavy atom. The van der Waals surface area contributed by atoms with Crippen molar-refractivity contribution in [1.82, 2.24) is 4.90 Å². The predicted molar refractivity (Wildman–Crippen MR) is 77.9 cm³/mol. The Labute approximate surface area is 128 Å². The second-order valence-corrected chi connectivity index (χ2v) is 5.75. The summed E-state index contributed by atoms with van der Waals surface area (Å²) in [6.07, 6.45) is 1.39. The molecule has 1 N–H and O–H groups in total. The lowest BCUT2D eigenvalue weighted by molar-refractivity contribution is -0.136. The molecule has 1 aromatic carbocycles. The van der Waals surface area contributed by atoms with Gasteiger partial charge in [-0.25, -0.2) is 4.39 Å². The van der Waals surface area contributed by atoms with Crippen LogP contribution in [0.1, 0.15) is 19.8 Å². The molecular weight excluding hydrogens is 297 g/mol. The zero-order valence-electron chi connectivity index (χ0n) is 11.9. The third kappa shape index (κ3) is 4.32. The molecule has 0 radical (unpaired) electrons. The van der Waals surface area contributed by atoms with Crippen molar-refractivity contribution in [2.75, 3.05) is 19.7 Å². The second-order valence-electron chi connectivity index (χ2n) is 5.35. The fourth-order valence-corrected chi connectivity index (χ4v) is 2.60. The number of hydrogen-bond acceptors (Lipinski definition) is 3. The normalized spacial score (nSPS) is 20.2. The lowest BCUT2D eigenvalue weighted by atomic mass is 9.93. The van der Waals surface area contributed by atoms with E-state index in [1.807, 2.05) is 0 Å². The summed E-state index contributed by atoms with van der Waals surface area (Å²) in [5, 5.41) is 9.59. The summed E-state index contributed by atoms with van der Waals surface area (Å²) in [6.45, 7) is 2.85. The van der Waals surface area contributed by atoms with Gasteiger partial charge in [0, 0.05) is 25.1 Å². The van der Waals surface area contributed by atoms with Gasteiger partial charge in [-0.3, -0.25) is 4.79 Å². The highest BCUT2D eigenvalue weighted by molar-refractivity contribution is 6.30. The molecule has 1 fully saturated rings. The largest absolute Gasteiger partial charge is 0.484 e. The van der Waals surface area contributed by atoms with E-state index < -0.39 is 11.9 Å². The minimum Gasteiger partial charge on any atom is -0.484 e. The van der Waals surface area contributed by atoms with E-state index in [0.717, 1.165) is 12.8 Å². The summed E-state index contributed by atoms with van der Waals surface area (Å²) in [4.78, 5) is 13.8. The summed E-state index contributed by atoms with van der Waals surface area (Å²) >= 11 is 5.65. The Morgan fingerprint density at radius 3 is 3.05 bits per heavy atom. The van der Waals surface area contributed by atoms with E-state index in [0.29, 0.717) is 18.8 Å². The average Bonchev–Trinajstić information content (AvgIpc) is 2.48. The number of rotatable bonds is 4. The SMILES string of the molecule is CC(O)C1CCCN(C(=O)COc2ccc(F)c(Cl)c2)C1. The first kappa shape index (κ1) is 16.0. The number of carbonyl (C=O) groups excluding carboxylic acids is 1. The van der Waals surface area contributed by atoms with Gasteiger partial charge < -0.3 is 14.7 Å². The zero-order valence-corrected chi connectivity index (χ0v) is 12.6. The first-order valence-corrected chi connectivity index (χ1v) is 7.39. The summed E-state index contributed by atoms with van der Waals surface area (Å²) in [7, 11) is 0. The number of piperidine rings is 1. The molecular formula is C15H19ClFNO3. The van der Waals surface area contributed by atoms with Crippen LogP contribution in [-0.2, 0) is 4.79 Å². The lowest BCUT2D eigenvalue weighted by Gasteiger charge is -2.34. The van der Waals surface area contributed by atoms with Crippen LogP contribution in [0.2, 0.25) is 5.02 Å². The molecule has 0 aromatic heterocycles. The van der Waals surface area contributed by atoms with Crippen LogP contribution >= 0.6 is 11.6 Å². The second kappa shape index (κ2) is 7.09. The van der Waals surface area contributed by atoms with Crippen LogP contribution in [0.5, 0.6) is 5.75 Å². The minimum absolute atomic E-state index is 0.0351. The third-order valence-corrected chi connectivity index (χ3v) is 4.04. The monoisotopic (exact) mass is 315 g/mol. The van der Waals surface area contributed by atoms with Gasteiger partial charge in [-0.15, -0.1) is 0 Å². The van der Waals surface area contributed by atoms with Crippen LogP contribution in [0.25, 0.3) is 0 Å². The zero-order chi connectivity index (χ0) is 15.4. The Hall–Kier alpha value is -1.33. The molecule has 0 aliphatic carbocycles. The molecule has 0 saturated carbocycles. The number of hydrogen-bond donors (Lipinski definition) is 1. The summed E-state index contributed by atoms with van der Waals surface area (Å²) in [6, 6.07) is 3.98. The third-order valence-electron chi connectivity index (χ3n) is 3.75. The van der Waals surface area contributed by atoms with E-state index in [1.165, 1.54) is 18.2 Å². The van der Waals surface area contributed by atoms with Crippen molar-refractivity contribution in [2.45, 2.75) is 25.9 Å². The number of aliphatic hydroxyl groups is 1. The van der Waals surface area contributed by atoms with Gasteiger partial charge in [-0.2, -0.15) is 0 Å². The molecule has 21 heavy (non-hydrogen) atoms. The number of aliphatic hydroxyl groups excluding tert-OH is 1. The molecule has 2 atom stereocenters. The van der Waals surface area contributed by atoms with Gasteiger partial charge in [-0.05, 0) is 31.9 Å². The van der Waals surface area contributed by atoms with Crippen LogP contribution in [0.3, 0.4) is 0 Å². The fraction of sp³-hybridized carbons (Fsp3) is 0.533. The summed E-state index contributed by atoms with van der Waals surface area (Å²) < 4.78 is 18.4. The number of halogens is 2. The van der Waals surface area contributed by atoms with Gasteiger partial charge in [0.1, 0.15) is 11.6 Å². The van der Waals surface area contributed by atoms with Crippen LogP contribution in [0.4, 0.5) is 4.39 Å². The Kier molecular flexibility index (Phi) is 5.42. The number of benzene rings is 1. The maximum absolute atomic E-state index is 13.0. The number of likely N-dealkylation sites (tertiary alicyclic amines) is 1. The fourth-order valence-electron chi connectivity index (χ4n) is 2.43. The van der Waals surface area contributed by atoms with Gasteiger partial charge in [0.15, 0.2) is 6.61 Å². The van der Waals surface area contributed by atoms with Crippen molar-refractivity contribution in [3.8, 4) is 5.75 Å². The Morgan fingerprint density at radius 1 is 1.62 bits per heavy atom. The summed E-state index contributed by atoms with van der Waals surface area (Å²) in [5.41, 5.74) is 0. The van der Waals surface area contributed by atoms with Crippen molar-refractivity contribution in [2.24, 2.45) is 5.92 Å². The highest BCUT2D eigenvalue weighted by Crippen LogP contribution is 2.22. The number of amides is 1. The van der Waals surface area contributed by atoms with Gasteiger partial charge in [0.25, 0.3) is 5.91 Å². The molecule has 0 bridgehead atoms. The Bertz CT molecular complexity index is 510. The highest BCUT2D eigenvalue weighted by atomic mass is 35.5. The van der Waals surface area contributed by atoms with Gasteiger partial charge in [0.2, 0.25) is 0 Å². The number of ether oxygens (including phenoxy) is 1. The first-order chi connectivity index (χ1) is 9.97. The van der Waals surface area contributed by atoms with E-state index in [-0.39, 0.29) is 23.5 Å². The van der Waals surface area contributed by atoms with Crippen LogP contribution in [-0.4, -0.2) is 41.7 Å². The maximum Gasteiger partial charge on any atom is 0.260 e. The van der Waals surface area contributed by atoms with E-state index in [4.69, 9.17) is 16.3 Å². The number of nitrogens with zero attached hydrogens (tertiary/aromatic N) is 1. The molecule has 1 saturated heterocycles. The van der Waals surface area contributed by atoms with Crippen molar-refractivity contribution >= 4 is 17.5 Å². The summed E-state index contributed by atoms with van der Waals surface area (Å²) in [5.74, 6) is -0.186. The van der Waals surface area contributed by atoms with Crippen LogP contribution in [0, 0.1) is 11.7 Å². The molecule has 116 valence electrons. The number of carbonyl (C=O) groups is 1. The predicted octanol–water partition coefficient (Wildman–Crippen LogP) is 2.48. The molecule has 1 aliphatic rings. The topological polar surface area (TPSA) is 49.8 Å². The quantitative estimate of drug-likeness (QED) is 0.928. The molecule has 1 aromatic rings. The highest BCUT2D eigenvalue weighted by Gasteiger charge is 2.26. The van der Waals surface area contributed by atoms with E-state index in [2.05, 4.69) is 0 Å². The van der Waals surface area contributed by atoms with Crippen LogP contribution < -0.4 is 4.74 Å². The maximum atomic E-state index is 13.0. The van der Waals surface area contributed by atoms with Crippen molar-refractivity contribution in [3.63, 3.8) is 0 Å². The van der Waals surface area contributed by atoms with Crippen LogP contribution in [0.15, 0.2) is 18.2 Å². The van der Waals surface area contributed by atoms with Gasteiger partial charge >= 0.3 is 0 Å². The standard InChI is InChI=1S/C15H19ClFNO3/c1-10(19)11-3-2-6-18(8-11)15(20)9-21-12-4-5-14(17)13(16)7-12/h4-5,7,10-11,19H,2-3,6,8-9H2,1H3. The molecule has 6 heteroatoms. The van der Waals surface area contributed by atoms with Crippen molar-refractivity contribution < 1.29 is 19.0 Å². The lowest BCUT2D eigenvalue weighted by Crippen LogP contribution is -2.44. The van der Waals surface area contributed by atoms with E-state index in [9.17, 15) is 14.3 Å². The molecule has 2 unspecified atom stereocenters. The first-order valence-electron chi connectivity index (χ1n) is 7.01. The van der Waals surface area contributed by atoms with Gasteiger partial charge in [-0.1, -0.05) is 11.6 Å². The molecule has 1 amide bonds. The smallest absolute Gasteiger partial charge is 0.260 e. The molecule has 0 spiro atoms.